The van der Waals surface area contributed by atoms with E-state index in [2.05, 4.69) is 15.5 Å². The van der Waals surface area contributed by atoms with Gasteiger partial charge in [-0.2, -0.15) is 10.2 Å². The van der Waals surface area contributed by atoms with Gasteiger partial charge in [0, 0.05) is 24.9 Å². The molecule has 0 fully saturated rings. The quantitative estimate of drug-likeness (QED) is 0.671. The second-order valence-corrected chi connectivity index (χ2v) is 5.73. The predicted molar refractivity (Wildman–Crippen MR) is 94.8 cm³/mol. The summed E-state index contributed by atoms with van der Waals surface area (Å²) >= 11 is 0. The van der Waals surface area contributed by atoms with Crippen LogP contribution in [-0.2, 0) is 18.3 Å². The maximum atomic E-state index is 13.7. The normalized spacial score (nSPS) is 10.6. The number of benzene rings is 1. The van der Waals surface area contributed by atoms with E-state index in [1.54, 1.807) is 38.4 Å². The van der Waals surface area contributed by atoms with Crippen molar-refractivity contribution in [1.29, 1.82) is 0 Å². The summed E-state index contributed by atoms with van der Waals surface area (Å²) in [6, 6.07) is 7.76. The van der Waals surface area contributed by atoms with Gasteiger partial charge in [-0.15, -0.1) is 0 Å². The Bertz CT molecular complexity index is 979. The van der Waals surface area contributed by atoms with Crippen molar-refractivity contribution in [2.75, 3.05) is 11.9 Å². The van der Waals surface area contributed by atoms with Crippen LogP contribution >= 0.6 is 0 Å². The van der Waals surface area contributed by atoms with Crippen LogP contribution in [0.1, 0.15) is 33.5 Å². The highest BCUT2D eigenvalue weighted by molar-refractivity contribution is 6.04. The van der Waals surface area contributed by atoms with E-state index >= 15 is 0 Å². The molecule has 1 amide bonds. The van der Waals surface area contributed by atoms with Crippen LogP contribution in [0.4, 0.5) is 10.1 Å². The lowest BCUT2D eigenvalue weighted by Gasteiger charge is -2.03. The molecular weight excluding hydrogens is 353 g/mol. The summed E-state index contributed by atoms with van der Waals surface area (Å²) in [6.07, 6.45) is 3.04. The predicted octanol–water partition coefficient (Wildman–Crippen LogP) is 2.23. The first-order chi connectivity index (χ1) is 13.0. The van der Waals surface area contributed by atoms with Gasteiger partial charge in [-0.1, -0.05) is 18.2 Å². The number of hydrogen-bond acceptors (Lipinski definition) is 5. The van der Waals surface area contributed by atoms with Gasteiger partial charge in [-0.3, -0.25) is 14.2 Å². The standard InChI is InChI=1S/C18H18FN5O3/c1-3-27-18(26)16-8-15(22-23(16)2)17(25)21-13-9-20-24(11-13)10-12-6-4-5-7-14(12)19/h4-9,11H,3,10H2,1-2H3,(H,21,25). The fourth-order valence-corrected chi connectivity index (χ4v) is 2.49. The number of nitrogens with one attached hydrogen (secondary N) is 1. The molecule has 27 heavy (non-hydrogen) atoms. The highest BCUT2D eigenvalue weighted by Gasteiger charge is 2.19. The molecule has 0 aliphatic rings. The van der Waals surface area contributed by atoms with Gasteiger partial charge in [0.05, 0.1) is 25.0 Å². The van der Waals surface area contributed by atoms with Gasteiger partial charge in [0.1, 0.15) is 11.5 Å². The molecule has 0 saturated carbocycles. The fourth-order valence-electron chi connectivity index (χ4n) is 2.49. The van der Waals surface area contributed by atoms with Crippen molar-refractivity contribution < 1.29 is 18.7 Å². The van der Waals surface area contributed by atoms with Crippen molar-refractivity contribution in [3.8, 4) is 0 Å². The van der Waals surface area contributed by atoms with E-state index in [9.17, 15) is 14.0 Å². The summed E-state index contributed by atoms with van der Waals surface area (Å²) in [5, 5.41) is 10.8. The molecule has 3 aromatic rings. The number of carbonyl (C=O) groups excluding carboxylic acids is 2. The van der Waals surface area contributed by atoms with Gasteiger partial charge < -0.3 is 10.1 Å². The van der Waals surface area contributed by atoms with Gasteiger partial charge in [-0.05, 0) is 13.0 Å². The molecule has 1 aromatic carbocycles. The third-order valence-electron chi connectivity index (χ3n) is 3.78. The lowest BCUT2D eigenvalue weighted by Crippen LogP contribution is -2.12. The average molecular weight is 371 g/mol. The van der Waals surface area contributed by atoms with E-state index in [0.29, 0.717) is 11.3 Å². The smallest absolute Gasteiger partial charge is 0.356 e. The van der Waals surface area contributed by atoms with E-state index in [4.69, 9.17) is 4.74 Å². The van der Waals surface area contributed by atoms with Crippen molar-refractivity contribution in [2.45, 2.75) is 13.5 Å². The number of amides is 1. The van der Waals surface area contributed by atoms with Crippen LogP contribution in [-0.4, -0.2) is 38.0 Å². The molecule has 0 atom stereocenters. The Morgan fingerprint density at radius 3 is 2.81 bits per heavy atom. The first-order valence-electron chi connectivity index (χ1n) is 8.26. The Hall–Kier alpha value is -3.49. The molecule has 0 saturated heterocycles. The Labute approximate surface area is 154 Å². The third kappa shape index (κ3) is 4.20. The van der Waals surface area contributed by atoms with E-state index < -0.39 is 11.9 Å². The highest BCUT2D eigenvalue weighted by Crippen LogP contribution is 2.13. The zero-order chi connectivity index (χ0) is 19.4. The summed E-state index contributed by atoms with van der Waals surface area (Å²) < 4.78 is 21.4. The fraction of sp³-hybridized carbons (Fsp3) is 0.222. The molecule has 0 aliphatic carbocycles. The average Bonchev–Trinajstić information content (AvgIpc) is 3.23. The second kappa shape index (κ2) is 7.81. The molecule has 2 heterocycles. The minimum absolute atomic E-state index is 0.0717. The zero-order valence-corrected chi connectivity index (χ0v) is 14.8. The number of halogens is 1. The number of esters is 1. The van der Waals surface area contributed by atoms with Crippen LogP contribution in [0.2, 0.25) is 0 Å². The summed E-state index contributed by atoms with van der Waals surface area (Å²) in [4.78, 5) is 24.2. The number of anilines is 1. The number of ether oxygens (including phenoxy) is 1. The van der Waals surface area contributed by atoms with Crippen molar-refractivity contribution >= 4 is 17.6 Å². The van der Waals surface area contributed by atoms with E-state index in [0.717, 1.165) is 0 Å². The third-order valence-corrected chi connectivity index (χ3v) is 3.78. The van der Waals surface area contributed by atoms with Gasteiger partial charge >= 0.3 is 5.97 Å². The SMILES string of the molecule is CCOC(=O)c1cc(C(=O)Nc2cnn(Cc3ccccc3F)c2)nn1C. The van der Waals surface area contributed by atoms with Crippen molar-refractivity contribution in [3.05, 3.63) is 65.5 Å². The number of aryl methyl sites for hydroxylation is 1. The maximum absolute atomic E-state index is 13.7. The van der Waals surface area contributed by atoms with Crippen LogP contribution in [0.25, 0.3) is 0 Å². The van der Waals surface area contributed by atoms with E-state index in [1.165, 1.54) is 27.7 Å². The summed E-state index contributed by atoms with van der Waals surface area (Å²) in [6.45, 7) is 2.16. The maximum Gasteiger partial charge on any atom is 0.356 e. The monoisotopic (exact) mass is 371 g/mol. The molecule has 0 radical (unpaired) electrons. The Balaban J connectivity index is 1.68. The minimum Gasteiger partial charge on any atom is -0.461 e. The van der Waals surface area contributed by atoms with E-state index in [1.807, 2.05) is 0 Å². The Kier molecular flexibility index (Phi) is 5.30. The first-order valence-corrected chi connectivity index (χ1v) is 8.26. The van der Waals surface area contributed by atoms with Crippen LogP contribution in [0, 0.1) is 5.82 Å². The molecule has 0 aliphatic heterocycles. The molecule has 0 unspecified atom stereocenters. The van der Waals surface area contributed by atoms with Crippen LogP contribution < -0.4 is 5.32 Å². The van der Waals surface area contributed by atoms with Crippen molar-refractivity contribution in [3.63, 3.8) is 0 Å². The molecule has 0 spiro atoms. The van der Waals surface area contributed by atoms with Gasteiger partial charge in [0.15, 0.2) is 5.69 Å². The van der Waals surface area contributed by atoms with E-state index in [-0.39, 0.29) is 30.4 Å². The van der Waals surface area contributed by atoms with Gasteiger partial charge in [0.2, 0.25) is 0 Å². The van der Waals surface area contributed by atoms with Gasteiger partial charge in [-0.25, -0.2) is 9.18 Å². The lowest BCUT2D eigenvalue weighted by atomic mass is 10.2. The minimum atomic E-state index is -0.552. The van der Waals surface area contributed by atoms with Crippen molar-refractivity contribution in [1.82, 2.24) is 19.6 Å². The topological polar surface area (TPSA) is 91.0 Å². The molecule has 3 rings (SSSR count). The molecule has 1 N–H and O–H groups in total. The summed E-state index contributed by atoms with van der Waals surface area (Å²) in [5.41, 5.74) is 1.17. The van der Waals surface area contributed by atoms with Crippen LogP contribution in [0.15, 0.2) is 42.7 Å². The molecule has 9 heteroatoms. The Morgan fingerprint density at radius 2 is 2.07 bits per heavy atom. The number of aromatic nitrogens is 4. The summed E-state index contributed by atoms with van der Waals surface area (Å²) in [5.74, 6) is -1.37. The van der Waals surface area contributed by atoms with Crippen LogP contribution in [0.5, 0.6) is 0 Å². The van der Waals surface area contributed by atoms with Crippen LogP contribution in [0.3, 0.4) is 0 Å². The number of rotatable bonds is 6. The molecular formula is C18H18FN5O3. The summed E-state index contributed by atoms with van der Waals surface area (Å²) in [7, 11) is 1.55. The van der Waals surface area contributed by atoms with Crippen molar-refractivity contribution in [2.24, 2.45) is 7.05 Å². The molecule has 8 nitrogen and oxygen atoms in total. The molecule has 140 valence electrons. The molecule has 0 bridgehead atoms. The first kappa shape index (κ1) is 18.3. The lowest BCUT2D eigenvalue weighted by molar-refractivity contribution is 0.0513. The second-order valence-electron chi connectivity index (χ2n) is 5.73. The number of nitrogens with zero attached hydrogens (tertiary/aromatic N) is 4. The Morgan fingerprint density at radius 1 is 1.30 bits per heavy atom. The zero-order valence-electron chi connectivity index (χ0n) is 14.8. The van der Waals surface area contributed by atoms with Gasteiger partial charge in [0.25, 0.3) is 5.91 Å². The highest BCUT2D eigenvalue weighted by atomic mass is 19.1. The largest absolute Gasteiger partial charge is 0.461 e. The molecule has 2 aromatic heterocycles. The number of carbonyl (C=O) groups is 2. The number of hydrogen-bond donors (Lipinski definition) is 1.